The Kier molecular flexibility index (Phi) is 4.80. The van der Waals surface area contributed by atoms with Crippen molar-refractivity contribution < 1.29 is 18.0 Å². The molecule has 2 atom stereocenters. The van der Waals surface area contributed by atoms with Gasteiger partial charge in [0.25, 0.3) is 0 Å². The Bertz CT molecular complexity index is 260. The van der Waals surface area contributed by atoms with Gasteiger partial charge in [0.15, 0.2) is 0 Å². The Morgan fingerprint density at radius 1 is 1.41 bits per heavy atom. The minimum absolute atomic E-state index is 0.176. The van der Waals surface area contributed by atoms with E-state index in [-0.39, 0.29) is 18.4 Å². The molecular weight excluding hydrogens is 233 g/mol. The zero-order chi connectivity index (χ0) is 13.1. The van der Waals surface area contributed by atoms with Crippen molar-refractivity contribution in [2.45, 2.75) is 38.4 Å². The lowest BCUT2D eigenvalue weighted by atomic mass is 9.94. The van der Waals surface area contributed by atoms with Gasteiger partial charge < -0.3 is 10.2 Å². The number of halogens is 3. The summed E-state index contributed by atoms with van der Waals surface area (Å²) < 4.78 is 36.1. The van der Waals surface area contributed by atoms with Gasteiger partial charge >= 0.3 is 6.18 Å². The van der Waals surface area contributed by atoms with E-state index in [0.717, 1.165) is 12.8 Å². The van der Waals surface area contributed by atoms with Gasteiger partial charge in [-0.3, -0.25) is 4.79 Å². The first-order chi connectivity index (χ1) is 7.79. The van der Waals surface area contributed by atoms with E-state index in [1.165, 1.54) is 11.9 Å². The van der Waals surface area contributed by atoms with Gasteiger partial charge in [-0.2, -0.15) is 13.2 Å². The molecule has 1 N–H and O–H groups in total. The molecular formula is C11H19F3N2O. The van der Waals surface area contributed by atoms with Crippen molar-refractivity contribution in [3.8, 4) is 0 Å². The lowest BCUT2D eigenvalue weighted by Crippen LogP contribution is -2.45. The zero-order valence-electron chi connectivity index (χ0n) is 10.2. The maximum Gasteiger partial charge on any atom is 0.390 e. The van der Waals surface area contributed by atoms with E-state index >= 15 is 0 Å². The minimum Gasteiger partial charge on any atom is -0.345 e. The number of alkyl halides is 3. The number of rotatable bonds is 3. The van der Waals surface area contributed by atoms with Crippen LogP contribution < -0.4 is 5.32 Å². The summed E-state index contributed by atoms with van der Waals surface area (Å²) in [5.41, 5.74) is 0. The molecule has 0 aromatic rings. The standard InChI is InChI=1S/C11H19F3N2O/c1-8-3-4-9(7-15-8)10(17)16(2)6-5-11(12,13)14/h8-9,15H,3-7H2,1-2H3. The lowest BCUT2D eigenvalue weighted by molar-refractivity contribution is -0.146. The average molecular weight is 252 g/mol. The Morgan fingerprint density at radius 3 is 2.53 bits per heavy atom. The van der Waals surface area contributed by atoms with Crippen molar-refractivity contribution in [1.82, 2.24) is 10.2 Å². The number of carbonyl (C=O) groups is 1. The molecule has 0 aromatic heterocycles. The topological polar surface area (TPSA) is 32.3 Å². The Hall–Kier alpha value is -0.780. The Morgan fingerprint density at radius 2 is 2.06 bits per heavy atom. The maximum atomic E-state index is 12.0. The van der Waals surface area contributed by atoms with Crippen LogP contribution in [0.5, 0.6) is 0 Å². The largest absolute Gasteiger partial charge is 0.390 e. The highest BCUT2D eigenvalue weighted by Crippen LogP contribution is 2.21. The molecule has 0 saturated carbocycles. The van der Waals surface area contributed by atoms with Crippen molar-refractivity contribution in [1.29, 1.82) is 0 Å². The smallest absolute Gasteiger partial charge is 0.345 e. The minimum atomic E-state index is -4.20. The summed E-state index contributed by atoms with van der Waals surface area (Å²) in [6.07, 6.45) is -3.49. The van der Waals surface area contributed by atoms with Gasteiger partial charge in [0, 0.05) is 26.2 Å². The summed E-state index contributed by atoms with van der Waals surface area (Å²) in [5.74, 6) is -0.363. The molecule has 1 amide bonds. The van der Waals surface area contributed by atoms with E-state index in [1.54, 1.807) is 0 Å². The van der Waals surface area contributed by atoms with E-state index in [4.69, 9.17) is 0 Å². The molecule has 2 unspecified atom stereocenters. The zero-order valence-corrected chi connectivity index (χ0v) is 10.2. The van der Waals surface area contributed by atoms with Gasteiger partial charge in [-0.25, -0.2) is 0 Å². The number of amides is 1. The third-order valence-corrected chi connectivity index (χ3v) is 3.12. The van der Waals surface area contributed by atoms with Crippen molar-refractivity contribution >= 4 is 5.91 Å². The molecule has 1 fully saturated rings. The number of piperidine rings is 1. The fraction of sp³-hybridized carbons (Fsp3) is 0.909. The van der Waals surface area contributed by atoms with Gasteiger partial charge in [0.2, 0.25) is 5.91 Å². The molecule has 6 heteroatoms. The lowest BCUT2D eigenvalue weighted by Gasteiger charge is -2.30. The Labute approximate surface area is 99.4 Å². The third kappa shape index (κ3) is 4.93. The number of carbonyl (C=O) groups excluding carboxylic acids is 1. The van der Waals surface area contributed by atoms with Gasteiger partial charge in [0.1, 0.15) is 0 Å². The quantitative estimate of drug-likeness (QED) is 0.830. The van der Waals surface area contributed by atoms with Crippen LogP contribution in [0.1, 0.15) is 26.2 Å². The SMILES string of the molecule is CC1CCC(C(=O)N(C)CCC(F)(F)F)CN1. The second-order valence-corrected chi connectivity index (χ2v) is 4.71. The molecule has 1 saturated heterocycles. The Balaban J connectivity index is 2.36. The van der Waals surface area contributed by atoms with Crippen LogP contribution in [-0.2, 0) is 4.79 Å². The summed E-state index contributed by atoms with van der Waals surface area (Å²) in [7, 11) is 1.44. The van der Waals surface area contributed by atoms with Crippen molar-refractivity contribution in [2.24, 2.45) is 5.92 Å². The van der Waals surface area contributed by atoms with Crippen LogP contribution in [0.4, 0.5) is 13.2 Å². The highest BCUT2D eigenvalue weighted by Gasteiger charge is 2.30. The molecule has 0 aromatic carbocycles. The summed E-state index contributed by atoms with van der Waals surface area (Å²) >= 11 is 0. The summed E-state index contributed by atoms with van der Waals surface area (Å²) in [4.78, 5) is 13.0. The fourth-order valence-corrected chi connectivity index (χ4v) is 1.93. The summed E-state index contributed by atoms with van der Waals surface area (Å²) in [5, 5.41) is 3.17. The fourth-order valence-electron chi connectivity index (χ4n) is 1.93. The van der Waals surface area contributed by atoms with E-state index in [2.05, 4.69) is 5.32 Å². The number of hydrogen-bond donors (Lipinski definition) is 1. The molecule has 0 aliphatic carbocycles. The number of nitrogens with one attached hydrogen (secondary N) is 1. The monoisotopic (exact) mass is 252 g/mol. The van der Waals surface area contributed by atoms with Crippen LogP contribution in [0.25, 0.3) is 0 Å². The second kappa shape index (κ2) is 5.71. The van der Waals surface area contributed by atoms with E-state index in [0.29, 0.717) is 12.6 Å². The first-order valence-electron chi connectivity index (χ1n) is 5.84. The van der Waals surface area contributed by atoms with Crippen LogP contribution in [0.2, 0.25) is 0 Å². The molecule has 1 aliphatic rings. The molecule has 0 spiro atoms. The van der Waals surface area contributed by atoms with Gasteiger partial charge in [-0.1, -0.05) is 0 Å². The summed E-state index contributed by atoms with van der Waals surface area (Å²) in [6.45, 7) is 2.35. The van der Waals surface area contributed by atoms with Crippen molar-refractivity contribution in [2.75, 3.05) is 20.1 Å². The third-order valence-electron chi connectivity index (χ3n) is 3.12. The van der Waals surface area contributed by atoms with E-state index in [9.17, 15) is 18.0 Å². The highest BCUT2D eigenvalue weighted by atomic mass is 19.4. The molecule has 1 aliphatic heterocycles. The first kappa shape index (κ1) is 14.3. The molecule has 100 valence electrons. The summed E-state index contributed by atoms with van der Waals surface area (Å²) in [6, 6.07) is 0.388. The highest BCUT2D eigenvalue weighted by molar-refractivity contribution is 5.78. The molecule has 0 radical (unpaired) electrons. The van der Waals surface area contributed by atoms with Crippen molar-refractivity contribution in [3.63, 3.8) is 0 Å². The average Bonchev–Trinajstić information content (AvgIpc) is 2.25. The molecule has 0 bridgehead atoms. The maximum absolute atomic E-state index is 12.0. The van der Waals surface area contributed by atoms with E-state index < -0.39 is 12.6 Å². The van der Waals surface area contributed by atoms with Crippen LogP contribution in [-0.4, -0.2) is 43.2 Å². The normalized spacial score (nSPS) is 25.7. The van der Waals surface area contributed by atoms with Crippen LogP contribution >= 0.6 is 0 Å². The predicted octanol–water partition coefficient (Wildman–Crippen LogP) is 1.79. The van der Waals surface area contributed by atoms with Gasteiger partial charge in [-0.15, -0.1) is 0 Å². The van der Waals surface area contributed by atoms with Gasteiger partial charge in [-0.05, 0) is 19.8 Å². The predicted molar refractivity (Wildman–Crippen MR) is 58.5 cm³/mol. The van der Waals surface area contributed by atoms with Crippen molar-refractivity contribution in [3.05, 3.63) is 0 Å². The molecule has 1 heterocycles. The van der Waals surface area contributed by atoms with Gasteiger partial charge in [0.05, 0.1) is 12.3 Å². The second-order valence-electron chi connectivity index (χ2n) is 4.71. The molecule has 17 heavy (non-hydrogen) atoms. The van der Waals surface area contributed by atoms with Crippen LogP contribution in [0.3, 0.4) is 0 Å². The molecule has 1 rings (SSSR count). The van der Waals surface area contributed by atoms with E-state index in [1.807, 2.05) is 6.92 Å². The van der Waals surface area contributed by atoms with Crippen LogP contribution in [0.15, 0.2) is 0 Å². The number of hydrogen-bond acceptors (Lipinski definition) is 2. The number of nitrogens with zero attached hydrogens (tertiary/aromatic N) is 1. The van der Waals surface area contributed by atoms with Crippen LogP contribution in [0, 0.1) is 5.92 Å². The first-order valence-corrected chi connectivity index (χ1v) is 5.84. The molecule has 3 nitrogen and oxygen atoms in total.